The van der Waals surface area contributed by atoms with Crippen LogP contribution >= 0.6 is 0 Å². The minimum atomic E-state index is -0.317. The average Bonchev–Trinajstić information content (AvgIpc) is 2.87. The summed E-state index contributed by atoms with van der Waals surface area (Å²) in [5, 5.41) is 2.71. The number of aryl methyl sites for hydroxylation is 1. The van der Waals surface area contributed by atoms with Gasteiger partial charge < -0.3 is 10.1 Å². The summed E-state index contributed by atoms with van der Waals surface area (Å²) in [6.07, 6.45) is 3.12. The van der Waals surface area contributed by atoms with Crippen molar-refractivity contribution in [3.8, 4) is 5.88 Å². The van der Waals surface area contributed by atoms with Gasteiger partial charge in [0.15, 0.2) is 5.65 Å². The van der Waals surface area contributed by atoms with E-state index in [1.165, 1.54) is 22.4 Å². The lowest BCUT2D eigenvalue weighted by molar-refractivity contribution is -0.116. The summed E-state index contributed by atoms with van der Waals surface area (Å²) in [6.45, 7) is 2.26. The van der Waals surface area contributed by atoms with Crippen LogP contribution in [0.15, 0.2) is 41.5 Å². The Morgan fingerprint density at radius 3 is 2.75 bits per heavy atom. The van der Waals surface area contributed by atoms with Crippen LogP contribution in [0.3, 0.4) is 0 Å². The Bertz CT molecular complexity index is 927. The van der Waals surface area contributed by atoms with Crippen LogP contribution in [0.25, 0.3) is 11.2 Å². The van der Waals surface area contributed by atoms with Gasteiger partial charge in [-0.3, -0.25) is 13.9 Å². The third-order valence-corrected chi connectivity index (χ3v) is 3.62. The van der Waals surface area contributed by atoms with Crippen molar-refractivity contribution < 1.29 is 9.53 Å². The van der Waals surface area contributed by atoms with E-state index in [1.54, 1.807) is 30.5 Å². The SMILES string of the molecule is CCn1c(=O)n(CC(=O)Nc2ccc(OC)nc2)c2cccnc21. The first-order chi connectivity index (χ1) is 11.6. The van der Waals surface area contributed by atoms with Crippen molar-refractivity contribution in [2.75, 3.05) is 12.4 Å². The molecule has 24 heavy (non-hydrogen) atoms. The Labute approximate surface area is 137 Å². The molecule has 8 heteroatoms. The van der Waals surface area contributed by atoms with Crippen molar-refractivity contribution in [1.82, 2.24) is 19.1 Å². The van der Waals surface area contributed by atoms with E-state index in [4.69, 9.17) is 4.74 Å². The molecule has 0 unspecified atom stereocenters. The average molecular weight is 327 g/mol. The molecule has 0 aliphatic carbocycles. The maximum absolute atomic E-state index is 12.5. The maximum Gasteiger partial charge on any atom is 0.330 e. The number of aromatic nitrogens is 4. The van der Waals surface area contributed by atoms with E-state index in [-0.39, 0.29) is 18.1 Å². The maximum atomic E-state index is 12.5. The van der Waals surface area contributed by atoms with Crippen LogP contribution < -0.4 is 15.7 Å². The van der Waals surface area contributed by atoms with E-state index in [2.05, 4.69) is 15.3 Å². The topological polar surface area (TPSA) is 91.0 Å². The number of ether oxygens (including phenoxy) is 1. The molecule has 0 aromatic carbocycles. The number of pyridine rings is 2. The standard InChI is InChI=1S/C16H17N5O3/c1-3-20-15-12(5-4-8-17-15)21(16(20)23)10-13(22)19-11-6-7-14(24-2)18-9-11/h4-9H,3,10H2,1-2H3,(H,19,22). The lowest BCUT2D eigenvalue weighted by Gasteiger charge is -2.06. The summed E-state index contributed by atoms with van der Waals surface area (Å²) in [7, 11) is 1.52. The van der Waals surface area contributed by atoms with Crippen LogP contribution in [-0.2, 0) is 17.9 Å². The van der Waals surface area contributed by atoms with Gasteiger partial charge in [0.2, 0.25) is 11.8 Å². The van der Waals surface area contributed by atoms with E-state index in [1.807, 2.05) is 6.92 Å². The number of nitrogens with zero attached hydrogens (tertiary/aromatic N) is 4. The molecule has 0 fully saturated rings. The molecule has 8 nitrogen and oxygen atoms in total. The van der Waals surface area contributed by atoms with Gasteiger partial charge in [-0.1, -0.05) is 0 Å². The first kappa shape index (κ1) is 15.7. The molecule has 3 heterocycles. The van der Waals surface area contributed by atoms with Crippen molar-refractivity contribution >= 4 is 22.8 Å². The highest BCUT2D eigenvalue weighted by atomic mass is 16.5. The van der Waals surface area contributed by atoms with Crippen LogP contribution in [0.1, 0.15) is 6.92 Å². The van der Waals surface area contributed by atoms with Gasteiger partial charge in [-0.15, -0.1) is 0 Å². The minimum Gasteiger partial charge on any atom is -0.481 e. The highest BCUT2D eigenvalue weighted by molar-refractivity contribution is 5.91. The molecule has 3 aromatic rings. The fourth-order valence-corrected chi connectivity index (χ4v) is 2.50. The van der Waals surface area contributed by atoms with Gasteiger partial charge in [0, 0.05) is 18.8 Å². The Morgan fingerprint density at radius 2 is 2.08 bits per heavy atom. The van der Waals surface area contributed by atoms with Crippen molar-refractivity contribution in [1.29, 1.82) is 0 Å². The number of carbonyl (C=O) groups is 1. The van der Waals surface area contributed by atoms with Gasteiger partial charge in [-0.25, -0.2) is 14.8 Å². The molecule has 0 atom stereocenters. The molecule has 1 N–H and O–H groups in total. The molecule has 0 spiro atoms. The molecule has 0 aliphatic rings. The number of anilines is 1. The number of fused-ring (bicyclic) bond motifs is 1. The number of methoxy groups -OCH3 is 1. The summed E-state index contributed by atoms with van der Waals surface area (Å²) in [4.78, 5) is 33.0. The van der Waals surface area contributed by atoms with Gasteiger partial charge in [-0.2, -0.15) is 0 Å². The van der Waals surface area contributed by atoms with Crippen LogP contribution in [0.2, 0.25) is 0 Å². The number of carbonyl (C=O) groups excluding carboxylic acids is 1. The molecule has 0 aliphatic heterocycles. The molecule has 0 radical (unpaired) electrons. The number of nitrogens with one attached hydrogen (secondary N) is 1. The molecule has 3 rings (SSSR count). The van der Waals surface area contributed by atoms with E-state index in [0.717, 1.165) is 0 Å². The lowest BCUT2D eigenvalue weighted by atomic mass is 10.4. The monoisotopic (exact) mass is 327 g/mol. The number of rotatable bonds is 5. The van der Waals surface area contributed by atoms with Gasteiger partial charge in [0.05, 0.1) is 24.5 Å². The summed E-state index contributed by atoms with van der Waals surface area (Å²) in [5.74, 6) is 0.143. The summed E-state index contributed by atoms with van der Waals surface area (Å²) in [5.41, 5.74) is 1.48. The van der Waals surface area contributed by atoms with Crippen LogP contribution in [0.4, 0.5) is 5.69 Å². The second-order valence-electron chi connectivity index (χ2n) is 5.10. The minimum absolute atomic E-state index is 0.0972. The van der Waals surface area contributed by atoms with Crippen molar-refractivity contribution in [3.63, 3.8) is 0 Å². The van der Waals surface area contributed by atoms with E-state index in [9.17, 15) is 9.59 Å². The Balaban J connectivity index is 1.85. The molecule has 124 valence electrons. The Hall–Kier alpha value is -3.16. The molecule has 0 bridgehead atoms. The highest BCUT2D eigenvalue weighted by Gasteiger charge is 2.15. The number of amides is 1. The third-order valence-electron chi connectivity index (χ3n) is 3.62. The molecular formula is C16H17N5O3. The predicted molar refractivity (Wildman–Crippen MR) is 89.1 cm³/mol. The van der Waals surface area contributed by atoms with Gasteiger partial charge >= 0.3 is 5.69 Å². The number of hydrogen-bond acceptors (Lipinski definition) is 5. The molecule has 3 aromatic heterocycles. The first-order valence-corrected chi connectivity index (χ1v) is 7.48. The van der Waals surface area contributed by atoms with Crippen molar-refractivity contribution in [2.45, 2.75) is 20.0 Å². The number of imidazole rings is 1. The third kappa shape index (κ3) is 2.85. The Kier molecular flexibility index (Phi) is 4.28. The molecule has 1 amide bonds. The zero-order valence-corrected chi connectivity index (χ0v) is 13.4. The van der Waals surface area contributed by atoms with E-state index >= 15 is 0 Å². The second-order valence-corrected chi connectivity index (χ2v) is 5.10. The normalized spacial score (nSPS) is 10.8. The van der Waals surface area contributed by atoms with E-state index < -0.39 is 0 Å². The van der Waals surface area contributed by atoms with Crippen molar-refractivity contribution in [3.05, 3.63) is 47.1 Å². The molecule has 0 saturated heterocycles. The van der Waals surface area contributed by atoms with Gasteiger partial charge in [0.25, 0.3) is 0 Å². The van der Waals surface area contributed by atoms with E-state index in [0.29, 0.717) is 29.3 Å². The number of hydrogen-bond donors (Lipinski definition) is 1. The van der Waals surface area contributed by atoms with Crippen LogP contribution in [0, 0.1) is 0 Å². The molecular weight excluding hydrogens is 310 g/mol. The summed E-state index contributed by atoms with van der Waals surface area (Å²) >= 11 is 0. The van der Waals surface area contributed by atoms with Gasteiger partial charge in [0.1, 0.15) is 6.54 Å². The fraction of sp³-hybridized carbons (Fsp3) is 0.250. The molecule has 0 saturated carbocycles. The fourth-order valence-electron chi connectivity index (χ4n) is 2.50. The smallest absolute Gasteiger partial charge is 0.330 e. The van der Waals surface area contributed by atoms with Crippen LogP contribution in [-0.4, -0.2) is 32.1 Å². The summed E-state index contributed by atoms with van der Waals surface area (Å²) in [6, 6.07) is 6.85. The largest absolute Gasteiger partial charge is 0.481 e. The lowest BCUT2D eigenvalue weighted by Crippen LogP contribution is -2.29. The summed E-state index contributed by atoms with van der Waals surface area (Å²) < 4.78 is 7.92. The van der Waals surface area contributed by atoms with Gasteiger partial charge in [-0.05, 0) is 25.1 Å². The van der Waals surface area contributed by atoms with Crippen molar-refractivity contribution in [2.24, 2.45) is 0 Å². The quantitative estimate of drug-likeness (QED) is 0.762. The zero-order valence-electron chi connectivity index (χ0n) is 13.4. The second kappa shape index (κ2) is 6.53. The Morgan fingerprint density at radius 1 is 1.25 bits per heavy atom. The predicted octanol–water partition coefficient (Wildman–Crippen LogP) is 1.26. The highest BCUT2D eigenvalue weighted by Crippen LogP contribution is 2.12. The zero-order chi connectivity index (χ0) is 17.1. The van der Waals surface area contributed by atoms with Crippen LogP contribution in [0.5, 0.6) is 5.88 Å². The first-order valence-electron chi connectivity index (χ1n) is 7.48.